The van der Waals surface area contributed by atoms with Crippen molar-refractivity contribution in [3.05, 3.63) is 70.3 Å². The first-order valence-electron chi connectivity index (χ1n) is 9.88. The number of hydrazone groups is 1. The van der Waals surface area contributed by atoms with Crippen LogP contribution in [0.1, 0.15) is 37.3 Å². The average Bonchev–Trinajstić information content (AvgIpc) is 3.03. The maximum absolute atomic E-state index is 13.1. The molecule has 2 aromatic rings. The molecular formula is C23H20ClF3N2O3. The third-order valence-corrected chi connectivity index (χ3v) is 5.24. The van der Waals surface area contributed by atoms with E-state index in [1.807, 2.05) is 6.92 Å². The number of amides is 1. The zero-order valence-corrected chi connectivity index (χ0v) is 17.8. The molecule has 1 amide bonds. The fourth-order valence-electron chi connectivity index (χ4n) is 3.39. The molecule has 32 heavy (non-hydrogen) atoms. The fourth-order valence-corrected chi connectivity index (χ4v) is 3.51. The highest BCUT2D eigenvalue weighted by Crippen LogP contribution is 2.32. The Morgan fingerprint density at radius 2 is 1.78 bits per heavy atom. The van der Waals surface area contributed by atoms with E-state index >= 15 is 0 Å². The monoisotopic (exact) mass is 464 g/mol. The van der Waals surface area contributed by atoms with Gasteiger partial charge in [-0.05, 0) is 60.9 Å². The van der Waals surface area contributed by atoms with E-state index in [9.17, 15) is 27.9 Å². The van der Waals surface area contributed by atoms with Gasteiger partial charge >= 0.3 is 12.1 Å². The van der Waals surface area contributed by atoms with Crippen LogP contribution >= 0.6 is 11.6 Å². The number of anilines is 1. The first-order chi connectivity index (χ1) is 15.1. The van der Waals surface area contributed by atoms with Crippen molar-refractivity contribution >= 4 is 41.0 Å². The van der Waals surface area contributed by atoms with Crippen LogP contribution in [0.4, 0.5) is 18.9 Å². The molecule has 0 radical (unpaired) electrons. The molecule has 9 heteroatoms. The summed E-state index contributed by atoms with van der Waals surface area (Å²) >= 11 is 5.90. The summed E-state index contributed by atoms with van der Waals surface area (Å²) in [6.07, 6.45) is -2.11. The highest BCUT2D eigenvalue weighted by Gasteiger charge is 2.37. The summed E-state index contributed by atoms with van der Waals surface area (Å²) < 4.78 is 38.3. The second-order valence-corrected chi connectivity index (χ2v) is 7.76. The molecular weight excluding hydrogens is 445 g/mol. The zero-order chi connectivity index (χ0) is 23.5. The molecule has 1 aliphatic rings. The number of benzene rings is 2. The van der Waals surface area contributed by atoms with E-state index < -0.39 is 23.6 Å². The summed E-state index contributed by atoms with van der Waals surface area (Å²) in [6, 6.07) is 10.7. The third kappa shape index (κ3) is 5.37. The van der Waals surface area contributed by atoms with E-state index in [4.69, 9.17) is 11.6 Å². The van der Waals surface area contributed by atoms with Crippen molar-refractivity contribution in [3.63, 3.8) is 0 Å². The number of hydrogen-bond donors (Lipinski definition) is 1. The second-order valence-electron chi connectivity index (χ2n) is 7.32. The van der Waals surface area contributed by atoms with Crippen LogP contribution in [-0.4, -0.2) is 22.7 Å². The number of halogens is 4. The van der Waals surface area contributed by atoms with Crippen LogP contribution in [0.15, 0.2) is 59.2 Å². The SMILES string of the molecule is CCCC1=NN(c2ccc(Cl)cc2)C(=O)C1CC(=Cc1ccc(C(F)(F)F)cc1)C(=O)O. The summed E-state index contributed by atoms with van der Waals surface area (Å²) in [4.78, 5) is 24.9. The number of carboxylic acid groups (broad SMARTS) is 1. The summed E-state index contributed by atoms with van der Waals surface area (Å²) in [7, 11) is 0. The van der Waals surface area contributed by atoms with E-state index in [2.05, 4.69) is 5.10 Å². The Hall–Kier alpha value is -3.13. The predicted molar refractivity (Wildman–Crippen MR) is 116 cm³/mol. The lowest BCUT2D eigenvalue weighted by atomic mass is 9.91. The van der Waals surface area contributed by atoms with Gasteiger partial charge in [0, 0.05) is 10.6 Å². The van der Waals surface area contributed by atoms with Crippen molar-refractivity contribution in [2.24, 2.45) is 11.0 Å². The van der Waals surface area contributed by atoms with Crippen molar-refractivity contribution in [1.82, 2.24) is 0 Å². The Bertz CT molecular complexity index is 1060. The minimum absolute atomic E-state index is 0.0927. The maximum atomic E-state index is 13.1. The molecule has 0 aromatic heterocycles. The normalized spacial score (nSPS) is 17.0. The summed E-state index contributed by atoms with van der Waals surface area (Å²) in [5.74, 6) is -2.39. The minimum Gasteiger partial charge on any atom is -0.478 e. The number of carbonyl (C=O) groups excluding carboxylic acids is 1. The van der Waals surface area contributed by atoms with Crippen molar-refractivity contribution in [2.45, 2.75) is 32.4 Å². The quantitative estimate of drug-likeness (QED) is 0.508. The fraction of sp³-hybridized carbons (Fsp3) is 0.261. The van der Waals surface area contributed by atoms with Crippen molar-refractivity contribution < 1.29 is 27.9 Å². The Morgan fingerprint density at radius 3 is 2.31 bits per heavy atom. The number of hydrogen-bond acceptors (Lipinski definition) is 3. The van der Waals surface area contributed by atoms with Crippen LogP contribution in [0.3, 0.4) is 0 Å². The molecule has 1 N–H and O–H groups in total. The van der Waals surface area contributed by atoms with E-state index in [0.29, 0.717) is 34.8 Å². The average molecular weight is 465 g/mol. The maximum Gasteiger partial charge on any atom is 0.416 e. The number of aliphatic carboxylic acids is 1. The highest BCUT2D eigenvalue weighted by molar-refractivity contribution is 6.30. The van der Waals surface area contributed by atoms with E-state index in [0.717, 1.165) is 12.1 Å². The van der Waals surface area contributed by atoms with E-state index in [-0.39, 0.29) is 17.9 Å². The summed E-state index contributed by atoms with van der Waals surface area (Å²) in [5, 5.41) is 15.8. The van der Waals surface area contributed by atoms with Gasteiger partial charge in [-0.15, -0.1) is 0 Å². The van der Waals surface area contributed by atoms with Gasteiger partial charge in [0.1, 0.15) is 0 Å². The molecule has 2 aromatic carbocycles. The van der Waals surface area contributed by atoms with Crippen LogP contribution in [0, 0.1) is 5.92 Å². The summed E-state index contributed by atoms with van der Waals surface area (Å²) in [6.45, 7) is 1.92. The molecule has 0 aliphatic carbocycles. The Labute approximate surface area is 187 Å². The lowest BCUT2D eigenvalue weighted by molar-refractivity contribution is -0.137. The van der Waals surface area contributed by atoms with Gasteiger partial charge in [0.2, 0.25) is 0 Å². The number of carbonyl (C=O) groups is 2. The first-order valence-corrected chi connectivity index (χ1v) is 10.3. The van der Waals surface area contributed by atoms with E-state index in [1.165, 1.54) is 23.2 Å². The largest absolute Gasteiger partial charge is 0.478 e. The van der Waals surface area contributed by atoms with Crippen molar-refractivity contribution in [2.75, 3.05) is 5.01 Å². The van der Waals surface area contributed by atoms with Gasteiger partial charge in [0.05, 0.1) is 22.9 Å². The van der Waals surface area contributed by atoms with Gasteiger partial charge in [-0.1, -0.05) is 37.1 Å². The van der Waals surface area contributed by atoms with Crippen molar-refractivity contribution in [3.8, 4) is 0 Å². The van der Waals surface area contributed by atoms with Crippen LogP contribution in [0.25, 0.3) is 6.08 Å². The number of rotatable bonds is 7. The van der Waals surface area contributed by atoms with Crippen LogP contribution < -0.4 is 5.01 Å². The molecule has 0 fully saturated rings. The molecule has 0 saturated carbocycles. The molecule has 0 saturated heterocycles. The molecule has 5 nitrogen and oxygen atoms in total. The van der Waals surface area contributed by atoms with Crippen LogP contribution in [0.2, 0.25) is 5.02 Å². The topological polar surface area (TPSA) is 70.0 Å². The van der Waals surface area contributed by atoms with E-state index in [1.54, 1.807) is 24.3 Å². The predicted octanol–water partition coefficient (Wildman–Crippen LogP) is 6.04. The molecule has 168 valence electrons. The lowest BCUT2D eigenvalue weighted by Crippen LogP contribution is -2.28. The Morgan fingerprint density at radius 1 is 1.16 bits per heavy atom. The molecule has 1 unspecified atom stereocenters. The zero-order valence-electron chi connectivity index (χ0n) is 17.1. The Kier molecular flexibility index (Phi) is 7.03. The molecule has 1 aliphatic heterocycles. The standard InChI is InChI=1S/C23H20ClF3N2O3/c1-2-3-20-19(21(30)29(28-20)18-10-8-17(24)9-11-18)13-15(22(31)32)12-14-4-6-16(7-5-14)23(25,26)27/h4-12,19H,2-3,13H2,1H3,(H,31,32). The van der Waals surface area contributed by atoms with Gasteiger partial charge < -0.3 is 5.11 Å². The molecule has 3 rings (SSSR count). The number of carboxylic acids is 1. The molecule has 1 atom stereocenters. The molecule has 0 bridgehead atoms. The third-order valence-electron chi connectivity index (χ3n) is 4.99. The van der Waals surface area contributed by atoms with Gasteiger partial charge in [-0.2, -0.15) is 18.3 Å². The lowest BCUT2D eigenvalue weighted by Gasteiger charge is -2.15. The van der Waals surface area contributed by atoms with Crippen molar-refractivity contribution in [1.29, 1.82) is 0 Å². The second kappa shape index (κ2) is 9.56. The molecule has 1 heterocycles. The summed E-state index contributed by atoms with van der Waals surface area (Å²) in [5.41, 5.74) is 0.453. The smallest absolute Gasteiger partial charge is 0.416 e. The highest BCUT2D eigenvalue weighted by atomic mass is 35.5. The number of alkyl halides is 3. The van der Waals surface area contributed by atoms with Gasteiger partial charge in [0.15, 0.2) is 0 Å². The molecule has 0 spiro atoms. The van der Waals surface area contributed by atoms with Gasteiger partial charge in [-0.3, -0.25) is 4.79 Å². The first kappa shape index (κ1) is 23.5. The van der Waals surface area contributed by atoms with Crippen LogP contribution in [-0.2, 0) is 15.8 Å². The van der Waals surface area contributed by atoms with Gasteiger partial charge in [-0.25, -0.2) is 9.80 Å². The van der Waals surface area contributed by atoms with Crippen LogP contribution in [0.5, 0.6) is 0 Å². The Balaban J connectivity index is 1.88. The number of nitrogens with zero attached hydrogens (tertiary/aromatic N) is 2. The minimum atomic E-state index is -4.48. The van der Waals surface area contributed by atoms with Gasteiger partial charge in [0.25, 0.3) is 5.91 Å².